The summed E-state index contributed by atoms with van der Waals surface area (Å²) < 4.78 is 0. The zero-order valence-electron chi connectivity index (χ0n) is 17.1. The summed E-state index contributed by atoms with van der Waals surface area (Å²) in [6, 6.07) is 18.2. The minimum absolute atomic E-state index is 0.0560. The highest BCUT2D eigenvalue weighted by molar-refractivity contribution is 6.35. The van der Waals surface area contributed by atoms with E-state index in [2.05, 4.69) is 12.1 Å². The summed E-state index contributed by atoms with van der Waals surface area (Å²) in [6.45, 7) is 3.12. The molecule has 0 radical (unpaired) electrons. The Hall–Kier alpha value is -3.15. The van der Waals surface area contributed by atoms with Crippen LogP contribution in [0.25, 0.3) is 11.1 Å². The van der Waals surface area contributed by atoms with Crippen LogP contribution in [0.4, 0.5) is 0 Å². The number of likely N-dealkylation sites (tertiary alicyclic amines) is 1. The van der Waals surface area contributed by atoms with E-state index in [9.17, 15) is 14.4 Å². The monoisotopic (exact) mass is 405 g/mol. The van der Waals surface area contributed by atoms with E-state index in [1.165, 1.54) is 0 Å². The molecule has 4 rings (SSSR count). The second-order valence-corrected chi connectivity index (χ2v) is 7.91. The Morgan fingerprint density at radius 2 is 1.10 bits per heavy atom. The van der Waals surface area contributed by atoms with Gasteiger partial charge in [-0.2, -0.15) is 0 Å². The van der Waals surface area contributed by atoms with E-state index in [0.29, 0.717) is 45.7 Å². The van der Waals surface area contributed by atoms with Crippen LogP contribution in [0.1, 0.15) is 18.4 Å². The molecule has 0 saturated carbocycles. The van der Waals surface area contributed by atoms with Crippen molar-refractivity contribution < 1.29 is 14.4 Å². The van der Waals surface area contributed by atoms with Gasteiger partial charge in [-0.25, -0.2) is 0 Å². The van der Waals surface area contributed by atoms with E-state index in [1.807, 2.05) is 42.5 Å². The Kier molecular flexibility index (Phi) is 6.12. The quantitative estimate of drug-likeness (QED) is 0.736. The summed E-state index contributed by atoms with van der Waals surface area (Å²) in [5.74, 6) is -0.772. The first kappa shape index (κ1) is 20.1. The summed E-state index contributed by atoms with van der Waals surface area (Å²) in [6.07, 6.45) is 2.27. The molecule has 0 atom stereocenters. The van der Waals surface area contributed by atoms with Crippen molar-refractivity contribution in [1.29, 1.82) is 0 Å². The zero-order valence-corrected chi connectivity index (χ0v) is 17.1. The SMILES string of the molecule is O=C(Cc1ccc(-c2ccccc2)cc1)N1CCN(C(=O)C(=O)N2CCCC2)CC1. The molecule has 156 valence electrons. The van der Waals surface area contributed by atoms with E-state index in [4.69, 9.17) is 0 Å². The van der Waals surface area contributed by atoms with Crippen LogP contribution >= 0.6 is 0 Å². The predicted molar refractivity (Wildman–Crippen MR) is 115 cm³/mol. The van der Waals surface area contributed by atoms with Gasteiger partial charge in [0, 0.05) is 39.3 Å². The van der Waals surface area contributed by atoms with Crippen LogP contribution in [0.3, 0.4) is 0 Å². The molecule has 30 heavy (non-hydrogen) atoms. The average molecular weight is 405 g/mol. The maximum atomic E-state index is 12.7. The third-order valence-electron chi connectivity index (χ3n) is 5.91. The summed E-state index contributed by atoms with van der Waals surface area (Å²) in [5, 5.41) is 0. The number of carbonyl (C=O) groups is 3. The summed E-state index contributed by atoms with van der Waals surface area (Å²) in [5.41, 5.74) is 3.25. The molecule has 6 heteroatoms. The number of piperazine rings is 1. The lowest BCUT2D eigenvalue weighted by Gasteiger charge is -2.35. The predicted octanol–water partition coefficient (Wildman–Crippen LogP) is 2.19. The van der Waals surface area contributed by atoms with Gasteiger partial charge in [0.2, 0.25) is 5.91 Å². The number of carbonyl (C=O) groups excluding carboxylic acids is 3. The van der Waals surface area contributed by atoms with Crippen LogP contribution in [0.5, 0.6) is 0 Å². The van der Waals surface area contributed by atoms with Gasteiger partial charge in [0.1, 0.15) is 0 Å². The van der Waals surface area contributed by atoms with E-state index in [1.54, 1.807) is 14.7 Å². The number of nitrogens with zero attached hydrogens (tertiary/aromatic N) is 3. The standard InChI is InChI=1S/C24H27N3O3/c28-22(18-19-8-10-21(11-9-19)20-6-2-1-3-7-20)25-14-16-27(17-15-25)24(30)23(29)26-12-4-5-13-26/h1-3,6-11H,4-5,12-18H2. The van der Waals surface area contributed by atoms with Gasteiger partial charge in [0.25, 0.3) is 0 Å². The maximum Gasteiger partial charge on any atom is 0.312 e. The van der Waals surface area contributed by atoms with Crippen LogP contribution in [-0.4, -0.2) is 71.7 Å². The van der Waals surface area contributed by atoms with Gasteiger partial charge >= 0.3 is 11.8 Å². The summed E-state index contributed by atoms with van der Waals surface area (Å²) >= 11 is 0. The van der Waals surface area contributed by atoms with E-state index < -0.39 is 11.8 Å². The highest BCUT2D eigenvalue weighted by Crippen LogP contribution is 2.20. The van der Waals surface area contributed by atoms with Gasteiger partial charge in [-0.15, -0.1) is 0 Å². The molecule has 0 bridgehead atoms. The van der Waals surface area contributed by atoms with Crippen molar-refractivity contribution in [1.82, 2.24) is 14.7 Å². The van der Waals surface area contributed by atoms with Gasteiger partial charge < -0.3 is 14.7 Å². The number of benzene rings is 2. The third kappa shape index (κ3) is 4.53. The molecule has 3 amide bonds. The summed E-state index contributed by atoms with van der Waals surface area (Å²) in [4.78, 5) is 42.4. The molecule has 6 nitrogen and oxygen atoms in total. The van der Waals surface area contributed by atoms with E-state index >= 15 is 0 Å². The summed E-state index contributed by atoms with van der Waals surface area (Å²) in [7, 11) is 0. The smallest absolute Gasteiger partial charge is 0.312 e. The van der Waals surface area contributed by atoms with Crippen LogP contribution in [0, 0.1) is 0 Å². The first-order chi connectivity index (χ1) is 14.6. The van der Waals surface area contributed by atoms with Crippen molar-refractivity contribution in [2.75, 3.05) is 39.3 Å². The van der Waals surface area contributed by atoms with Gasteiger partial charge in [0.15, 0.2) is 0 Å². The van der Waals surface area contributed by atoms with E-state index in [0.717, 1.165) is 29.5 Å². The second kappa shape index (κ2) is 9.11. The first-order valence-corrected chi connectivity index (χ1v) is 10.6. The Labute approximate surface area is 177 Å². The highest BCUT2D eigenvalue weighted by Gasteiger charge is 2.31. The lowest BCUT2D eigenvalue weighted by atomic mass is 10.0. The lowest BCUT2D eigenvalue weighted by Crippen LogP contribution is -2.54. The molecule has 0 aliphatic carbocycles. The van der Waals surface area contributed by atoms with Crippen LogP contribution in [-0.2, 0) is 20.8 Å². The number of hydrogen-bond donors (Lipinski definition) is 0. The Morgan fingerprint density at radius 3 is 1.70 bits per heavy atom. The van der Waals surface area contributed by atoms with Crippen molar-refractivity contribution >= 4 is 17.7 Å². The minimum atomic E-state index is -0.430. The van der Waals surface area contributed by atoms with Gasteiger partial charge in [0.05, 0.1) is 6.42 Å². The van der Waals surface area contributed by atoms with Crippen molar-refractivity contribution in [2.24, 2.45) is 0 Å². The molecule has 2 heterocycles. The molecule has 0 aromatic heterocycles. The first-order valence-electron chi connectivity index (χ1n) is 10.6. The molecule has 0 spiro atoms. The fourth-order valence-corrected chi connectivity index (χ4v) is 4.08. The third-order valence-corrected chi connectivity index (χ3v) is 5.91. The van der Waals surface area contributed by atoms with Crippen molar-refractivity contribution in [3.05, 3.63) is 60.2 Å². The molecule has 0 unspecified atom stereocenters. The molecule has 2 fully saturated rings. The van der Waals surface area contributed by atoms with Gasteiger partial charge in [-0.1, -0.05) is 54.6 Å². The fraction of sp³-hybridized carbons (Fsp3) is 0.375. The Balaban J connectivity index is 1.28. The van der Waals surface area contributed by atoms with Gasteiger partial charge in [-0.05, 0) is 29.5 Å². The maximum absolute atomic E-state index is 12.7. The van der Waals surface area contributed by atoms with Crippen molar-refractivity contribution in [3.63, 3.8) is 0 Å². The second-order valence-electron chi connectivity index (χ2n) is 7.91. The molecule has 2 aromatic rings. The Bertz CT molecular complexity index is 897. The van der Waals surface area contributed by atoms with Crippen molar-refractivity contribution in [2.45, 2.75) is 19.3 Å². The minimum Gasteiger partial charge on any atom is -0.339 e. The fourth-order valence-electron chi connectivity index (χ4n) is 4.08. The average Bonchev–Trinajstić information content (AvgIpc) is 3.34. The number of hydrogen-bond acceptors (Lipinski definition) is 3. The van der Waals surface area contributed by atoms with E-state index in [-0.39, 0.29) is 5.91 Å². The van der Waals surface area contributed by atoms with Crippen LogP contribution in [0.2, 0.25) is 0 Å². The largest absolute Gasteiger partial charge is 0.339 e. The molecule has 0 N–H and O–H groups in total. The highest BCUT2D eigenvalue weighted by atomic mass is 16.2. The zero-order chi connectivity index (χ0) is 20.9. The topological polar surface area (TPSA) is 60.9 Å². The molecule has 2 aromatic carbocycles. The molecule has 2 saturated heterocycles. The number of rotatable bonds is 3. The van der Waals surface area contributed by atoms with Gasteiger partial charge in [-0.3, -0.25) is 14.4 Å². The molecule has 2 aliphatic rings. The van der Waals surface area contributed by atoms with Crippen LogP contribution < -0.4 is 0 Å². The molecular weight excluding hydrogens is 378 g/mol. The number of amides is 3. The lowest BCUT2D eigenvalue weighted by molar-refractivity contribution is -0.153. The normalized spacial score (nSPS) is 16.6. The molecular formula is C24H27N3O3. The Morgan fingerprint density at radius 1 is 0.600 bits per heavy atom. The van der Waals surface area contributed by atoms with Crippen molar-refractivity contribution in [3.8, 4) is 11.1 Å². The molecule has 2 aliphatic heterocycles. The van der Waals surface area contributed by atoms with Crippen LogP contribution in [0.15, 0.2) is 54.6 Å².